The monoisotopic (exact) mass is 801 g/mol. The lowest BCUT2D eigenvalue weighted by atomic mass is 10.1. The maximum atomic E-state index is 12.4. The first kappa shape index (κ1) is 53.2. The van der Waals surface area contributed by atoms with Gasteiger partial charge in [0.1, 0.15) is 12.2 Å². The van der Waals surface area contributed by atoms with E-state index in [1.54, 1.807) is 0 Å². The fourth-order valence-corrected chi connectivity index (χ4v) is 6.69. The molecule has 11 heteroatoms. The molecule has 0 aliphatic carbocycles. The minimum atomic E-state index is -4.64. The van der Waals surface area contributed by atoms with Crippen molar-refractivity contribution in [1.82, 2.24) is 0 Å². The van der Waals surface area contributed by atoms with Crippen molar-refractivity contribution in [1.29, 1.82) is 0 Å². The Morgan fingerprint density at radius 2 is 0.800 bits per heavy atom. The van der Waals surface area contributed by atoms with Gasteiger partial charge in [0.05, 0.1) is 26.4 Å². The summed E-state index contributed by atoms with van der Waals surface area (Å²) in [5.41, 5.74) is 0. The molecule has 0 heterocycles. The highest BCUT2D eigenvalue weighted by atomic mass is 31.2. The number of carbonyl (C=O) groups is 2. The molecule has 0 fully saturated rings. The first-order chi connectivity index (χ1) is 26.8. The molecule has 322 valence electrons. The number of unbranched alkanes of at least 4 members (excludes halogenated alkanes) is 21. The van der Waals surface area contributed by atoms with Crippen LogP contribution in [-0.4, -0.2) is 65.7 Å². The topological polar surface area (TPSA) is 149 Å². The average Bonchev–Trinajstić information content (AvgIpc) is 3.17. The van der Waals surface area contributed by atoms with E-state index in [-0.39, 0.29) is 12.8 Å². The molecule has 0 amide bonds. The molecule has 0 saturated heterocycles. The van der Waals surface area contributed by atoms with Crippen LogP contribution in [0.5, 0.6) is 0 Å². The number of hydrogen-bond donors (Lipinski definition) is 3. The van der Waals surface area contributed by atoms with Gasteiger partial charge in [0.25, 0.3) is 0 Å². The van der Waals surface area contributed by atoms with E-state index < -0.39 is 58.4 Å². The molecular weight excluding hydrogens is 719 g/mol. The SMILES string of the molecule is CCCCC/C=C\C/C=C\CCCCCCCC(=O)OC(CO)COP(=O)(O)OCC(CO)OC(=O)CCCCCCCCC/C=C\CCCCCCCC. The summed E-state index contributed by atoms with van der Waals surface area (Å²) in [6, 6.07) is 0. The normalized spacial score (nSPS) is 14.2. The fourth-order valence-electron chi connectivity index (χ4n) is 5.90. The van der Waals surface area contributed by atoms with Crippen molar-refractivity contribution in [2.45, 2.75) is 206 Å². The van der Waals surface area contributed by atoms with Crippen molar-refractivity contribution in [3.63, 3.8) is 0 Å². The van der Waals surface area contributed by atoms with Crippen molar-refractivity contribution >= 4 is 19.8 Å². The number of phosphoric ester groups is 1. The highest BCUT2D eigenvalue weighted by molar-refractivity contribution is 7.47. The predicted molar refractivity (Wildman–Crippen MR) is 224 cm³/mol. The number of aliphatic hydroxyl groups is 2. The number of hydrogen-bond acceptors (Lipinski definition) is 9. The van der Waals surface area contributed by atoms with Crippen LogP contribution >= 0.6 is 7.82 Å². The van der Waals surface area contributed by atoms with Crippen LogP contribution in [0.2, 0.25) is 0 Å². The quantitative estimate of drug-likeness (QED) is 0.0236. The van der Waals surface area contributed by atoms with Gasteiger partial charge in [-0.05, 0) is 70.6 Å². The van der Waals surface area contributed by atoms with Gasteiger partial charge in [-0.1, -0.05) is 147 Å². The molecule has 3 unspecified atom stereocenters. The number of aliphatic hydroxyl groups excluding tert-OH is 2. The summed E-state index contributed by atoms with van der Waals surface area (Å²) in [5.74, 6) is -1.04. The highest BCUT2D eigenvalue weighted by Crippen LogP contribution is 2.43. The Kier molecular flexibility index (Phi) is 39.1. The number of esters is 2. The van der Waals surface area contributed by atoms with E-state index in [1.165, 1.54) is 83.5 Å². The van der Waals surface area contributed by atoms with Gasteiger partial charge in [0, 0.05) is 12.8 Å². The number of carbonyl (C=O) groups excluding carboxylic acids is 2. The fraction of sp³-hybridized carbons (Fsp3) is 0.818. The third-order valence-corrected chi connectivity index (χ3v) is 10.3. The zero-order chi connectivity index (χ0) is 40.5. The predicted octanol–water partition coefficient (Wildman–Crippen LogP) is 11.6. The summed E-state index contributed by atoms with van der Waals surface area (Å²) in [6.07, 6.45) is 41.1. The van der Waals surface area contributed by atoms with E-state index >= 15 is 0 Å². The van der Waals surface area contributed by atoms with Crippen LogP contribution in [0.1, 0.15) is 194 Å². The molecule has 0 aromatic carbocycles. The summed E-state index contributed by atoms with van der Waals surface area (Å²) in [5, 5.41) is 19.2. The molecule has 0 aromatic rings. The number of rotatable bonds is 41. The molecule has 3 N–H and O–H groups in total. The van der Waals surface area contributed by atoms with E-state index in [9.17, 15) is 29.3 Å². The van der Waals surface area contributed by atoms with E-state index in [1.807, 2.05) is 0 Å². The lowest BCUT2D eigenvalue weighted by molar-refractivity contribution is -0.153. The molecule has 0 aromatic heterocycles. The molecule has 3 atom stereocenters. The third kappa shape index (κ3) is 38.8. The van der Waals surface area contributed by atoms with E-state index in [4.69, 9.17) is 18.5 Å². The van der Waals surface area contributed by atoms with Gasteiger partial charge in [0.15, 0.2) is 0 Å². The summed E-state index contributed by atoms with van der Waals surface area (Å²) in [6.45, 7) is 2.16. The Labute approximate surface area is 335 Å². The molecule has 0 bridgehead atoms. The van der Waals surface area contributed by atoms with Gasteiger partial charge in [0.2, 0.25) is 0 Å². The van der Waals surface area contributed by atoms with Crippen LogP contribution < -0.4 is 0 Å². The molecule has 0 saturated carbocycles. The number of ether oxygens (including phenoxy) is 2. The molecule has 0 spiro atoms. The Bertz CT molecular complexity index is 1010. The van der Waals surface area contributed by atoms with Crippen LogP contribution in [-0.2, 0) is 32.7 Å². The smallest absolute Gasteiger partial charge is 0.457 e. The maximum absolute atomic E-state index is 12.4. The second kappa shape index (κ2) is 40.4. The van der Waals surface area contributed by atoms with Crippen LogP contribution in [0.15, 0.2) is 36.5 Å². The Morgan fingerprint density at radius 3 is 1.18 bits per heavy atom. The van der Waals surface area contributed by atoms with Crippen molar-refractivity contribution in [3.8, 4) is 0 Å². The van der Waals surface area contributed by atoms with Crippen LogP contribution in [0.3, 0.4) is 0 Å². The van der Waals surface area contributed by atoms with E-state index in [0.29, 0.717) is 12.8 Å². The van der Waals surface area contributed by atoms with Crippen molar-refractivity contribution < 1.29 is 47.8 Å². The highest BCUT2D eigenvalue weighted by Gasteiger charge is 2.27. The van der Waals surface area contributed by atoms with Crippen molar-refractivity contribution in [2.24, 2.45) is 0 Å². The average molecular weight is 801 g/mol. The number of phosphoric acid groups is 1. The summed E-state index contributed by atoms with van der Waals surface area (Å²) < 4.78 is 32.6. The van der Waals surface area contributed by atoms with Gasteiger partial charge in [-0.3, -0.25) is 18.6 Å². The van der Waals surface area contributed by atoms with Gasteiger partial charge in [-0.25, -0.2) is 4.57 Å². The van der Waals surface area contributed by atoms with Crippen molar-refractivity contribution in [2.75, 3.05) is 26.4 Å². The molecule has 0 aliphatic rings. The van der Waals surface area contributed by atoms with E-state index in [2.05, 4.69) is 50.3 Å². The van der Waals surface area contributed by atoms with Gasteiger partial charge in [-0.15, -0.1) is 0 Å². The molecule has 0 aliphatic heterocycles. The van der Waals surface area contributed by atoms with E-state index in [0.717, 1.165) is 70.6 Å². The van der Waals surface area contributed by atoms with Gasteiger partial charge >= 0.3 is 19.8 Å². The first-order valence-corrected chi connectivity index (χ1v) is 23.4. The standard InChI is InChI=1S/C44H81O10P/c1-3-5-7-9-11-13-15-17-19-20-22-24-26-28-30-32-34-36-44(48)54-42(38-46)40-52-55(49,50)51-39-41(37-45)53-43(47)35-33-31-29-27-25-23-21-18-16-14-12-10-8-6-4-2/h12,14,17-19,21,41-42,45-46H,3-11,13,15-16,20,22-40H2,1-2H3,(H,49,50)/b14-12-,19-17-,21-18-. The maximum Gasteiger partial charge on any atom is 0.472 e. The van der Waals surface area contributed by atoms with Crippen molar-refractivity contribution in [3.05, 3.63) is 36.5 Å². The summed E-state index contributed by atoms with van der Waals surface area (Å²) >= 11 is 0. The lowest BCUT2D eigenvalue weighted by Crippen LogP contribution is -2.28. The second-order valence-electron chi connectivity index (χ2n) is 14.7. The van der Waals surface area contributed by atoms with Crippen LogP contribution in [0, 0.1) is 0 Å². The Balaban J connectivity index is 3.94. The Morgan fingerprint density at radius 1 is 0.491 bits per heavy atom. The molecule has 55 heavy (non-hydrogen) atoms. The van der Waals surface area contributed by atoms with Crippen LogP contribution in [0.25, 0.3) is 0 Å². The third-order valence-electron chi connectivity index (χ3n) is 9.32. The molecule has 0 rings (SSSR count). The van der Waals surface area contributed by atoms with Gasteiger partial charge < -0.3 is 24.6 Å². The molecular formula is C44H81O10P. The minimum absolute atomic E-state index is 0.176. The van der Waals surface area contributed by atoms with Gasteiger partial charge in [-0.2, -0.15) is 0 Å². The summed E-state index contributed by atoms with van der Waals surface area (Å²) in [7, 11) is -4.64. The lowest BCUT2D eigenvalue weighted by Gasteiger charge is -2.20. The summed E-state index contributed by atoms with van der Waals surface area (Å²) in [4.78, 5) is 34.5. The zero-order valence-corrected chi connectivity index (χ0v) is 35.8. The number of allylic oxidation sites excluding steroid dienone is 6. The first-order valence-electron chi connectivity index (χ1n) is 21.9. The molecule has 10 nitrogen and oxygen atoms in total. The largest absolute Gasteiger partial charge is 0.472 e. The Hall–Kier alpha value is -1.81. The van der Waals surface area contributed by atoms with Crippen LogP contribution in [0.4, 0.5) is 0 Å². The molecule has 0 radical (unpaired) electrons. The second-order valence-corrected chi connectivity index (χ2v) is 16.1. The minimum Gasteiger partial charge on any atom is -0.457 e. The zero-order valence-electron chi connectivity index (χ0n) is 34.9.